The van der Waals surface area contributed by atoms with Crippen LogP contribution in [0.1, 0.15) is 46.6 Å². The Kier molecular flexibility index (Phi) is 3.78. The second kappa shape index (κ2) is 5.06. The molecule has 0 fully saturated rings. The molecule has 0 aliphatic rings. The van der Waals surface area contributed by atoms with E-state index in [0.29, 0.717) is 5.13 Å². The molecular formula is C14H18N2OS2. The lowest BCUT2D eigenvalue weighted by Crippen LogP contribution is -2.14. The van der Waals surface area contributed by atoms with E-state index in [2.05, 4.69) is 31.1 Å². The minimum atomic E-state index is -0.0725. The minimum absolute atomic E-state index is 0.00830. The maximum atomic E-state index is 12.2. The zero-order valence-corrected chi connectivity index (χ0v) is 13.5. The molecule has 0 spiro atoms. The van der Waals surface area contributed by atoms with Crippen molar-refractivity contribution in [1.82, 2.24) is 4.98 Å². The molecule has 0 unspecified atom stereocenters. The van der Waals surface area contributed by atoms with E-state index < -0.39 is 0 Å². The number of hydrogen-bond acceptors (Lipinski definition) is 4. The van der Waals surface area contributed by atoms with Crippen molar-refractivity contribution >= 4 is 33.7 Å². The molecule has 2 rings (SSSR count). The van der Waals surface area contributed by atoms with Crippen molar-refractivity contribution < 1.29 is 4.79 Å². The molecule has 0 bridgehead atoms. The van der Waals surface area contributed by atoms with Crippen LogP contribution in [0.25, 0.3) is 0 Å². The summed E-state index contributed by atoms with van der Waals surface area (Å²) in [6.45, 7) is 10.3. The summed E-state index contributed by atoms with van der Waals surface area (Å²) in [5, 5.41) is 5.55. The number of thiophene rings is 1. The molecule has 3 nitrogen and oxygen atoms in total. The van der Waals surface area contributed by atoms with Gasteiger partial charge in [0.2, 0.25) is 0 Å². The first kappa shape index (κ1) is 14.2. The smallest absolute Gasteiger partial charge is 0.258 e. The number of amides is 1. The Morgan fingerprint density at radius 2 is 2.00 bits per heavy atom. The van der Waals surface area contributed by atoms with Crippen molar-refractivity contribution in [2.24, 2.45) is 0 Å². The number of nitrogens with one attached hydrogen (secondary N) is 1. The highest BCUT2D eigenvalue weighted by atomic mass is 32.1. The lowest BCUT2D eigenvalue weighted by molar-refractivity contribution is 0.102. The molecular weight excluding hydrogens is 276 g/mol. The molecule has 1 amide bonds. The molecule has 0 aliphatic heterocycles. The third-order valence-corrected chi connectivity index (χ3v) is 4.50. The summed E-state index contributed by atoms with van der Waals surface area (Å²) >= 11 is 3.11. The Morgan fingerprint density at radius 1 is 1.32 bits per heavy atom. The van der Waals surface area contributed by atoms with Crippen LogP contribution in [0.15, 0.2) is 11.4 Å². The van der Waals surface area contributed by atoms with E-state index in [-0.39, 0.29) is 11.3 Å². The van der Waals surface area contributed by atoms with Crippen LogP contribution in [-0.4, -0.2) is 10.9 Å². The summed E-state index contributed by atoms with van der Waals surface area (Å²) in [4.78, 5) is 18.8. The molecule has 2 heterocycles. The number of carbonyl (C=O) groups is 1. The van der Waals surface area contributed by atoms with Gasteiger partial charge in [-0.25, -0.2) is 4.98 Å². The van der Waals surface area contributed by atoms with Crippen molar-refractivity contribution in [3.8, 4) is 0 Å². The fourth-order valence-corrected chi connectivity index (χ4v) is 3.55. The van der Waals surface area contributed by atoms with Crippen molar-refractivity contribution in [2.45, 2.75) is 40.0 Å². The van der Waals surface area contributed by atoms with E-state index in [4.69, 9.17) is 0 Å². The van der Waals surface area contributed by atoms with E-state index in [1.165, 1.54) is 11.3 Å². The predicted octanol–water partition coefficient (Wildman–Crippen LogP) is 4.37. The maximum absolute atomic E-state index is 12.2. The molecule has 0 aromatic carbocycles. The van der Waals surface area contributed by atoms with Crippen molar-refractivity contribution in [3.05, 3.63) is 32.5 Å². The fraction of sp³-hybridized carbons (Fsp3) is 0.429. The first-order chi connectivity index (χ1) is 8.77. The average Bonchev–Trinajstić information content (AvgIpc) is 2.84. The van der Waals surface area contributed by atoms with Crippen LogP contribution < -0.4 is 5.32 Å². The first-order valence-electron chi connectivity index (χ1n) is 6.12. The van der Waals surface area contributed by atoms with Crippen LogP contribution in [0, 0.1) is 13.8 Å². The SMILES string of the molecule is Cc1cc(C(=O)Nc2nc(C(C)(C)C)cs2)c(C)s1. The zero-order valence-electron chi connectivity index (χ0n) is 11.8. The largest absolute Gasteiger partial charge is 0.298 e. The van der Waals surface area contributed by atoms with Crippen molar-refractivity contribution in [3.63, 3.8) is 0 Å². The number of thiazole rings is 1. The zero-order chi connectivity index (χ0) is 14.2. The van der Waals surface area contributed by atoms with Gasteiger partial charge in [0.05, 0.1) is 11.3 Å². The molecule has 0 aliphatic carbocycles. The predicted molar refractivity (Wildman–Crippen MR) is 82.6 cm³/mol. The summed E-state index contributed by atoms with van der Waals surface area (Å²) < 4.78 is 0. The third kappa shape index (κ3) is 3.22. The molecule has 0 saturated carbocycles. The lowest BCUT2D eigenvalue weighted by atomic mass is 9.93. The van der Waals surface area contributed by atoms with Crippen LogP contribution in [0.3, 0.4) is 0 Å². The summed E-state index contributed by atoms with van der Waals surface area (Å²) in [5.74, 6) is -0.0725. The van der Waals surface area contributed by atoms with Gasteiger partial charge in [-0.15, -0.1) is 22.7 Å². The Morgan fingerprint density at radius 3 is 2.47 bits per heavy atom. The highest BCUT2D eigenvalue weighted by Crippen LogP contribution is 2.27. The van der Waals surface area contributed by atoms with Gasteiger partial charge in [0.15, 0.2) is 5.13 Å². The number of nitrogens with zero attached hydrogens (tertiary/aromatic N) is 1. The summed E-state index contributed by atoms with van der Waals surface area (Å²) in [6.07, 6.45) is 0. The average molecular weight is 294 g/mol. The van der Waals surface area contributed by atoms with Crippen LogP contribution in [0.4, 0.5) is 5.13 Å². The van der Waals surface area contributed by atoms with Gasteiger partial charge < -0.3 is 0 Å². The minimum Gasteiger partial charge on any atom is -0.298 e. The second-order valence-corrected chi connectivity index (χ2v) is 7.89. The van der Waals surface area contributed by atoms with Gasteiger partial charge in [0.25, 0.3) is 5.91 Å². The van der Waals surface area contributed by atoms with Gasteiger partial charge in [-0.05, 0) is 19.9 Å². The topological polar surface area (TPSA) is 42.0 Å². The number of rotatable bonds is 2. The van der Waals surface area contributed by atoms with Crippen molar-refractivity contribution in [2.75, 3.05) is 5.32 Å². The Bertz CT molecular complexity index is 605. The lowest BCUT2D eigenvalue weighted by Gasteiger charge is -2.14. The monoisotopic (exact) mass is 294 g/mol. The molecule has 5 heteroatoms. The summed E-state index contributed by atoms with van der Waals surface area (Å²) in [5.41, 5.74) is 1.76. The van der Waals surface area contributed by atoms with Gasteiger partial charge in [-0.1, -0.05) is 20.8 Å². The summed E-state index contributed by atoms with van der Waals surface area (Å²) in [7, 11) is 0. The number of aromatic nitrogens is 1. The van der Waals surface area contributed by atoms with Crippen LogP contribution in [0.2, 0.25) is 0 Å². The molecule has 102 valence electrons. The van der Waals surface area contributed by atoms with E-state index in [9.17, 15) is 4.79 Å². The number of carbonyl (C=O) groups excluding carboxylic acids is 1. The Labute approximate surface area is 121 Å². The van der Waals surface area contributed by atoms with E-state index in [1.807, 2.05) is 25.3 Å². The molecule has 0 radical (unpaired) electrons. The summed E-state index contributed by atoms with van der Waals surface area (Å²) in [6, 6.07) is 1.92. The number of aryl methyl sites for hydroxylation is 2. The van der Waals surface area contributed by atoms with Crippen LogP contribution in [0.5, 0.6) is 0 Å². The van der Waals surface area contributed by atoms with E-state index in [0.717, 1.165) is 21.0 Å². The molecule has 0 saturated heterocycles. The Hall–Kier alpha value is -1.20. The van der Waals surface area contributed by atoms with Crippen molar-refractivity contribution in [1.29, 1.82) is 0 Å². The highest BCUT2D eigenvalue weighted by molar-refractivity contribution is 7.14. The van der Waals surface area contributed by atoms with Crippen LogP contribution >= 0.6 is 22.7 Å². The van der Waals surface area contributed by atoms with Gasteiger partial charge in [-0.3, -0.25) is 10.1 Å². The molecule has 1 N–H and O–H groups in total. The van der Waals surface area contributed by atoms with Gasteiger partial charge in [-0.2, -0.15) is 0 Å². The first-order valence-corrected chi connectivity index (χ1v) is 7.81. The second-order valence-electron chi connectivity index (χ2n) is 5.57. The fourth-order valence-electron chi connectivity index (χ4n) is 1.70. The van der Waals surface area contributed by atoms with Gasteiger partial charge in [0, 0.05) is 20.5 Å². The molecule has 19 heavy (non-hydrogen) atoms. The molecule has 2 aromatic rings. The normalized spacial score (nSPS) is 11.6. The van der Waals surface area contributed by atoms with E-state index in [1.54, 1.807) is 11.3 Å². The number of anilines is 1. The number of hydrogen-bond donors (Lipinski definition) is 1. The van der Waals surface area contributed by atoms with Crippen LogP contribution in [-0.2, 0) is 5.41 Å². The maximum Gasteiger partial charge on any atom is 0.258 e. The standard InChI is InChI=1S/C14H18N2OS2/c1-8-6-10(9(2)19-8)12(17)16-13-15-11(7-18-13)14(3,4)5/h6-7H,1-5H3,(H,15,16,17). The van der Waals surface area contributed by atoms with Gasteiger partial charge in [0.1, 0.15) is 0 Å². The van der Waals surface area contributed by atoms with Gasteiger partial charge >= 0.3 is 0 Å². The molecule has 0 atom stereocenters. The quantitative estimate of drug-likeness (QED) is 0.893. The molecule has 2 aromatic heterocycles. The highest BCUT2D eigenvalue weighted by Gasteiger charge is 2.19. The Balaban J connectivity index is 2.16. The third-order valence-electron chi connectivity index (χ3n) is 2.78. The van der Waals surface area contributed by atoms with E-state index >= 15 is 0 Å².